The number of nitrogens with one attached hydrogen (secondary N) is 1. The summed E-state index contributed by atoms with van der Waals surface area (Å²) >= 11 is 1.79. The van der Waals surface area contributed by atoms with Crippen LogP contribution in [-0.2, 0) is 6.54 Å². The van der Waals surface area contributed by atoms with Crippen molar-refractivity contribution in [2.24, 2.45) is 0 Å². The van der Waals surface area contributed by atoms with Gasteiger partial charge in [0.05, 0.1) is 6.04 Å². The maximum absolute atomic E-state index is 4.69. The molecule has 114 valence electrons. The van der Waals surface area contributed by atoms with Crippen LogP contribution in [0.3, 0.4) is 0 Å². The third-order valence-corrected chi connectivity index (χ3v) is 4.65. The summed E-state index contributed by atoms with van der Waals surface area (Å²) in [5.41, 5.74) is 2.36. The Kier molecular flexibility index (Phi) is 5.37. The highest BCUT2D eigenvalue weighted by Crippen LogP contribution is 2.27. The van der Waals surface area contributed by atoms with E-state index in [9.17, 15) is 0 Å². The average Bonchev–Trinajstić information content (AvgIpc) is 2.97. The first-order valence-electron chi connectivity index (χ1n) is 7.44. The van der Waals surface area contributed by atoms with Crippen LogP contribution in [0.4, 0.5) is 5.82 Å². The van der Waals surface area contributed by atoms with E-state index in [-0.39, 0.29) is 0 Å². The Balaban J connectivity index is 2.18. The largest absolute Gasteiger partial charge is 0.352 e. The van der Waals surface area contributed by atoms with Gasteiger partial charge in [-0.2, -0.15) is 0 Å². The smallest absolute Gasteiger partial charge is 0.129 e. The Hall–Kier alpha value is -1.39. The number of nitrogens with zero attached hydrogens (tertiary/aromatic N) is 2. The molecule has 0 fully saturated rings. The topological polar surface area (TPSA) is 28.2 Å². The second-order valence-corrected chi connectivity index (χ2v) is 6.79. The summed E-state index contributed by atoms with van der Waals surface area (Å²) < 4.78 is 0. The van der Waals surface area contributed by atoms with Crippen molar-refractivity contribution in [1.29, 1.82) is 0 Å². The van der Waals surface area contributed by atoms with Gasteiger partial charge in [-0.05, 0) is 43.0 Å². The van der Waals surface area contributed by atoms with Crippen LogP contribution in [0.2, 0.25) is 0 Å². The maximum atomic E-state index is 4.69. The Bertz CT molecular complexity index is 563. The third-order valence-electron chi connectivity index (χ3n) is 3.61. The molecule has 1 atom stereocenters. The number of aromatic nitrogens is 1. The number of hydrogen-bond acceptors (Lipinski definition) is 4. The summed E-state index contributed by atoms with van der Waals surface area (Å²) in [6.45, 7) is 9.50. The van der Waals surface area contributed by atoms with Gasteiger partial charge in [0.15, 0.2) is 0 Å². The second-order valence-electron chi connectivity index (χ2n) is 5.81. The van der Waals surface area contributed by atoms with Gasteiger partial charge in [0.25, 0.3) is 0 Å². The number of aryl methyl sites for hydroxylation is 1. The summed E-state index contributed by atoms with van der Waals surface area (Å²) in [5, 5.41) is 5.59. The lowest BCUT2D eigenvalue weighted by Crippen LogP contribution is -2.24. The molecule has 3 nitrogen and oxygen atoms in total. The van der Waals surface area contributed by atoms with Crippen LogP contribution in [0.5, 0.6) is 0 Å². The minimum atomic E-state index is 0.338. The molecule has 2 aromatic heterocycles. The first-order chi connectivity index (χ1) is 9.97. The van der Waals surface area contributed by atoms with Gasteiger partial charge >= 0.3 is 0 Å². The molecule has 0 amide bonds. The van der Waals surface area contributed by atoms with Crippen molar-refractivity contribution in [3.63, 3.8) is 0 Å². The van der Waals surface area contributed by atoms with Gasteiger partial charge in [0, 0.05) is 30.2 Å². The zero-order valence-corrected chi connectivity index (χ0v) is 14.4. The van der Waals surface area contributed by atoms with E-state index in [0.717, 1.165) is 18.1 Å². The van der Waals surface area contributed by atoms with Gasteiger partial charge in [-0.25, -0.2) is 4.98 Å². The van der Waals surface area contributed by atoms with Crippen molar-refractivity contribution in [1.82, 2.24) is 10.3 Å². The molecule has 0 radical (unpaired) electrons. The van der Waals surface area contributed by atoms with Crippen molar-refractivity contribution in [2.75, 3.05) is 11.9 Å². The molecular weight excluding hydrogens is 278 g/mol. The first-order valence-corrected chi connectivity index (χ1v) is 8.32. The van der Waals surface area contributed by atoms with E-state index < -0.39 is 0 Å². The van der Waals surface area contributed by atoms with E-state index in [1.807, 2.05) is 0 Å². The lowest BCUT2D eigenvalue weighted by Gasteiger charge is -2.26. The normalized spacial score (nSPS) is 12.7. The van der Waals surface area contributed by atoms with Crippen LogP contribution in [0.1, 0.15) is 42.9 Å². The molecule has 0 saturated heterocycles. The number of rotatable bonds is 6. The number of pyridine rings is 1. The minimum absolute atomic E-state index is 0.338. The van der Waals surface area contributed by atoms with Gasteiger partial charge in [0.1, 0.15) is 5.82 Å². The van der Waals surface area contributed by atoms with E-state index in [0.29, 0.717) is 12.1 Å². The lowest BCUT2D eigenvalue weighted by molar-refractivity contribution is 0.588. The molecule has 4 heteroatoms. The highest BCUT2D eigenvalue weighted by Gasteiger charge is 2.15. The predicted octanol–water partition coefficient (Wildman–Crippen LogP) is 4.15. The first kappa shape index (κ1) is 16.0. The van der Waals surface area contributed by atoms with Gasteiger partial charge in [-0.15, -0.1) is 11.3 Å². The molecule has 1 unspecified atom stereocenters. The molecule has 0 aromatic carbocycles. The molecule has 0 aliphatic rings. The fraction of sp³-hybridized carbons (Fsp3) is 0.471. The molecular formula is C17H25N3S. The molecule has 0 saturated carbocycles. The van der Waals surface area contributed by atoms with E-state index >= 15 is 0 Å². The highest BCUT2D eigenvalue weighted by molar-refractivity contribution is 7.10. The molecule has 1 N–H and O–H groups in total. The van der Waals surface area contributed by atoms with Gasteiger partial charge < -0.3 is 10.2 Å². The van der Waals surface area contributed by atoms with Crippen LogP contribution in [0, 0.1) is 6.92 Å². The lowest BCUT2D eigenvalue weighted by atomic mass is 10.2. The average molecular weight is 303 g/mol. The summed E-state index contributed by atoms with van der Waals surface area (Å²) in [5.74, 6) is 1.04. The number of anilines is 1. The molecule has 0 spiro atoms. The summed E-state index contributed by atoms with van der Waals surface area (Å²) in [6, 6.07) is 9.46. The van der Waals surface area contributed by atoms with E-state index in [4.69, 9.17) is 4.98 Å². The van der Waals surface area contributed by atoms with Crippen LogP contribution < -0.4 is 10.2 Å². The zero-order valence-electron chi connectivity index (χ0n) is 13.6. The van der Waals surface area contributed by atoms with Gasteiger partial charge in [-0.3, -0.25) is 0 Å². The van der Waals surface area contributed by atoms with Crippen LogP contribution in [0.25, 0.3) is 0 Å². The minimum Gasteiger partial charge on any atom is -0.352 e. The van der Waals surface area contributed by atoms with Gasteiger partial charge in [0.2, 0.25) is 0 Å². The standard InChI is InChI=1S/C17H25N3S/c1-12(2)18-11-15-9-13(3)19-17(10-15)20(5)14(4)16-7-6-8-21-16/h6-10,12,14,18H,11H2,1-5H3. The van der Waals surface area contributed by atoms with Crippen LogP contribution in [-0.4, -0.2) is 18.1 Å². The number of thiophene rings is 1. The number of hydrogen-bond donors (Lipinski definition) is 1. The quantitative estimate of drug-likeness (QED) is 0.869. The summed E-state index contributed by atoms with van der Waals surface area (Å²) in [6.07, 6.45) is 0. The maximum Gasteiger partial charge on any atom is 0.129 e. The van der Waals surface area contributed by atoms with Gasteiger partial charge in [-0.1, -0.05) is 19.9 Å². The fourth-order valence-electron chi connectivity index (χ4n) is 2.24. The highest BCUT2D eigenvalue weighted by atomic mass is 32.1. The Morgan fingerprint density at radius 1 is 1.29 bits per heavy atom. The van der Waals surface area contributed by atoms with Crippen molar-refractivity contribution in [3.8, 4) is 0 Å². The van der Waals surface area contributed by atoms with Crippen molar-refractivity contribution in [2.45, 2.75) is 46.3 Å². The fourth-order valence-corrected chi connectivity index (χ4v) is 3.07. The SMILES string of the molecule is Cc1cc(CNC(C)C)cc(N(C)C(C)c2cccs2)n1. The van der Waals surface area contributed by atoms with E-state index in [1.54, 1.807) is 11.3 Å². The van der Waals surface area contributed by atoms with Crippen molar-refractivity contribution < 1.29 is 0 Å². The molecule has 21 heavy (non-hydrogen) atoms. The predicted molar refractivity (Wildman–Crippen MR) is 92.1 cm³/mol. The van der Waals surface area contributed by atoms with Crippen LogP contribution >= 0.6 is 11.3 Å². The summed E-state index contributed by atoms with van der Waals surface area (Å²) in [7, 11) is 2.12. The van der Waals surface area contributed by atoms with E-state index in [2.05, 4.69) is 74.6 Å². The molecule has 0 aliphatic carbocycles. The Morgan fingerprint density at radius 3 is 2.67 bits per heavy atom. The second kappa shape index (κ2) is 7.05. The Morgan fingerprint density at radius 2 is 2.05 bits per heavy atom. The molecule has 2 rings (SSSR count). The van der Waals surface area contributed by atoms with Crippen molar-refractivity contribution in [3.05, 3.63) is 45.8 Å². The molecule has 2 heterocycles. The van der Waals surface area contributed by atoms with E-state index in [1.165, 1.54) is 10.4 Å². The molecule has 0 aliphatic heterocycles. The third kappa shape index (κ3) is 4.29. The molecule has 0 bridgehead atoms. The molecule has 2 aromatic rings. The summed E-state index contributed by atoms with van der Waals surface area (Å²) in [4.78, 5) is 8.31. The Labute approximate surface area is 132 Å². The monoisotopic (exact) mass is 303 g/mol. The van der Waals surface area contributed by atoms with Crippen LogP contribution in [0.15, 0.2) is 29.6 Å². The van der Waals surface area contributed by atoms with Crippen molar-refractivity contribution >= 4 is 17.2 Å². The zero-order chi connectivity index (χ0) is 15.4.